The van der Waals surface area contributed by atoms with Crippen LogP contribution in [0.25, 0.3) is 0 Å². The van der Waals surface area contributed by atoms with Crippen molar-refractivity contribution < 1.29 is 4.39 Å². The largest absolute Gasteiger partial charge is 0.352 e. The summed E-state index contributed by atoms with van der Waals surface area (Å²) in [7, 11) is 3.57. The minimum atomic E-state index is -0.232. The summed E-state index contributed by atoms with van der Waals surface area (Å²) in [6, 6.07) is 6.65. The SMILES string of the molecule is CN=C(NCc1ccccc1F)NCc1nnc(C)n1C.I. The Morgan fingerprint density at radius 2 is 1.91 bits per heavy atom. The first-order chi connectivity index (χ1) is 10.1. The molecule has 0 atom stereocenters. The summed E-state index contributed by atoms with van der Waals surface area (Å²) in [5, 5.41) is 14.2. The molecule has 0 radical (unpaired) electrons. The molecule has 120 valence electrons. The van der Waals surface area contributed by atoms with E-state index in [0.29, 0.717) is 24.6 Å². The number of halogens is 2. The van der Waals surface area contributed by atoms with E-state index in [9.17, 15) is 4.39 Å². The van der Waals surface area contributed by atoms with Crippen LogP contribution in [0, 0.1) is 12.7 Å². The molecule has 2 rings (SSSR count). The van der Waals surface area contributed by atoms with E-state index in [1.807, 2.05) is 18.5 Å². The first-order valence-electron chi connectivity index (χ1n) is 6.64. The molecule has 2 aromatic rings. The number of benzene rings is 1. The van der Waals surface area contributed by atoms with Crippen molar-refractivity contribution in [2.24, 2.45) is 12.0 Å². The lowest BCUT2D eigenvalue weighted by Gasteiger charge is -2.12. The number of nitrogens with one attached hydrogen (secondary N) is 2. The smallest absolute Gasteiger partial charge is 0.191 e. The predicted octanol–water partition coefficient (Wildman–Crippen LogP) is 1.75. The highest BCUT2D eigenvalue weighted by atomic mass is 127. The first kappa shape index (κ1) is 18.3. The third-order valence-electron chi connectivity index (χ3n) is 3.22. The third-order valence-corrected chi connectivity index (χ3v) is 3.22. The van der Waals surface area contributed by atoms with Crippen molar-refractivity contribution in [1.29, 1.82) is 0 Å². The van der Waals surface area contributed by atoms with Gasteiger partial charge < -0.3 is 15.2 Å². The number of rotatable bonds is 4. The van der Waals surface area contributed by atoms with Gasteiger partial charge in [-0.2, -0.15) is 0 Å². The summed E-state index contributed by atoms with van der Waals surface area (Å²) in [5.41, 5.74) is 0.593. The Morgan fingerprint density at radius 1 is 1.23 bits per heavy atom. The Morgan fingerprint density at radius 3 is 2.50 bits per heavy atom. The Kier molecular flexibility index (Phi) is 7.22. The maximum Gasteiger partial charge on any atom is 0.191 e. The van der Waals surface area contributed by atoms with Crippen LogP contribution in [-0.2, 0) is 20.1 Å². The maximum absolute atomic E-state index is 13.5. The van der Waals surface area contributed by atoms with Gasteiger partial charge in [0.05, 0.1) is 6.54 Å². The molecule has 1 aromatic carbocycles. The van der Waals surface area contributed by atoms with E-state index in [0.717, 1.165) is 11.6 Å². The molecule has 8 heteroatoms. The second-order valence-electron chi connectivity index (χ2n) is 4.59. The number of aryl methyl sites for hydroxylation is 1. The third kappa shape index (κ3) is 4.65. The Labute approximate surface area is 146 Å². The van der Waals surface area contributed by atoms with Crippen LogP contribution in [0.1, 0.15) is 17.2 Å². The maximum atomic E-state index is 13.5. The lowest BCUT2D eigenvalue weighted by molar-refractivity contribution is 0.604. The molecule has 0 unspecified atom stereocenters. The summed E-state index contributed by atoms with van der Waals surface area (Å²) in [5.74, 6) is 2.01. The zero-order valence-corrected chi connectivity index (χ0v) is 15.1. The second-order valence-corrected chi connectivity index (χ2v) is 4.59. The number of aromatic nitrogens is 3. The second kappa shape index (κ2) is 8.66. The van der Waals surface area contributed by atoms with E-state index in [-0.39, 0.29) is 29.8 Å². The molecule has 22 heavy (non-hydrogen) atoms. The van der Waals surface area contributed by atoms with Gasteiger partial charge in [-0.25, -0.2) is 4.39 Å². The lowest BCUT2D eigenvalue weighted by Crippen LogP contribution is -2.37. The van der Waals surface area contributed by atoms with Crippen LogP contribution < -0.4 is 10.6 Å². The first-order valence-corrected chi connectivity index (χ1v) is 6.64. The van der Waals surface area contributed by atoms with E-state index in [4.69, 9.17) is 0 Å². The van der Waals surface area contributed by atoms with Gasteiger partial charge in [0.2, 0.25) is 0 Å². The predicted molar refractivity (Wildman–Crippen MR) is 94.6 cm³/mol. The molecule has 0 aliphatic heterocycles. The molecule has 1 aromatic heterocycles. The van der Waals surface area contributed by atoms with E-state index in [2.05, 4.69) is 25.8 Å². The van der Waals surface area contributed by atoms with E-state index < -0.39 is 0 Å². The van der Waals surface area contributed by atoms with Crippen LogP contribution in [0.5, 0.6) is 0 Å². The molecule has 0 aliphatic rings. The lowest BCUT2D eigenvalue weighted by atomic mass is 10.2. The van der Waals surface area contributed by atoms with Crippen molar-refractivity contribution in [2.75, 3.05) is 7.05 Å². The van der Waals surface area contributed by atoms with Crippen molar-refractivity contribution in [2.45, 2.75) is 20.0 Å². The molecule has 0 aliphatic carbocycles. The quantitative estimate of drug-likeness (QED) is 0.451. The standard InChI is InChI=1S/C14H19FN6.HI/c1-10-19-20-13(21(10)3)9-18-14(16-2)17-8-11-6-4-5-7-12(11)15;/h4-7H,8-9H2,1-3H3,(H2,16,17,18);1H. The van der Waals surface area contributed by atoms with Gasteiger partial charge in [-0.3, -0.25) is 4.99 Å². The molecule has 0 bridgehead atoms. The van der Waals surface area contributed by atoms with Gasteiger partial charge in [0.15, 0.2) is 11.8 Å². The fraction of sp³-hybridized carbons (Fsp3) is 0.357. The van der Waals surface area contributed by atoms with Crippen LogP contribution in [-0.4, -0.2) is 27.8 Å². The molecule has 0 fully saturated rings. The molecule has 0 spiro atoms. The number of guanidine groups is 1. The van der Waals surface area contributed by atoms with Crippen molar-refractivity contribution in [1.82, 2.24) is 25.4 Å². The normalized spacial score (nSPS) is 11.0. The zero-order chi connectivity index (χ0) is 15.2. The summed E-state index contributed by atoms with van der Waals surface area (Å²) in [6.07, 6.45) is 0. The van der Waals surface area contributed by atoms with Gasteiger partial charge in [-0.05, 0) is 13.0 Å². The Bertz CT molecular complexity index is 640. The molecule has 1 heterocycles. The van der Waals surface area contributed by atoms with E-state index >= 15 is 0 Å². The van der Waals surface area contributed by atoms with Crippen molar-refractivity contribution >= 4 is 29.9 Å². The summed E-state index contributed by atoms with van der Waals surface area (Å²) < 4.78 is 15.4. The van der Waals surface area contributed by atoms with Gasteiger partial charge in [0.25, 0.3) is 0 Å². The molecule has 0 saturated heterocycles. The summed E-state index contributed by atoms with van der Waals surface area (Å²) in [4.78, 5) is 4.10. The number of nitrogens with zero attached hydrogens (tertiary/aromatic N) is 4. The van der Waals surface area contributed by atoms with Crippen molar-refractivity contribution in [3.8, 4) is 0 Å². The van der Waals surface area contributed by atoms with Gasteiger partial charge in [0.1, 0.15) is 11.6 Å². The van der Waals surface area contributed by atoms with Gasteiger partial charge in [0, 0.05) is 26.2 Å². The number of aliphatic imine (C=N–C) groups is 1. The minimum absolute atomic E-state index is 0. The molecule has 2 N–H and O–H groups in total. The summed E-state index contributed by atoms with van der Waals surface area (Å²) >= 11 is 0. The van der Waals surface area contributed by atoms with Crippen LogP contribution in [0.3, 0.4) is 0 Å². The number of hydrogen-bond acceptors (Lipinski definition) is 3. The van der Waals surface area contributed by atoms with Gasteiger partial charge in [-0.1, -0.05) is 18.2 Å². The summed E-state index contributed by atoms with van der Waals surface area (Å²) in [6.45, 7) is 2.75. The molecule has 0 amide bonds. The number of hydrogen-bond donors (Lipinski definition) is 2. The van der Waals surface area contributed by atoms with Crippen molar-refractivity contribution in [3.63, 3.8) is 0 Å². The van der Waals surface area contributed by atoms with Crippen LogP contribution in [0.4, 0.5) is 4.39 Å². The fourth-order valence-electron chi connectivity index (χ4n) is 1.81. The highest BCUT2D eigenvalue weighted by Crippen LogP contribution is 2.05. The monoisotopic (exact) mass is 418 g/mol. The van der Waals surface area contributed by atoms with Crippen LogP contribution >= 0.6 is 24.0 Å². The fourth-order valence-corrected chi connectivity index (χ4v) is 1.81. The van der Waals surface area contributed by atoms with Crippen LogP contribution in [0.2, 0.25) is 0 Å². The Hall–Kier alpha value is -1.71. The van der Waals surface area contributed by atoms with Crippen molar-refractivity contribution in [3.05, 3.63) is 47.3 Å². The minimum Gasteiger partial charge on any atom is -0.352 e. The average molecular weight is 418 g/mol. The topological polar surface area (TPSA) is 67.1 Å². The molecular formula is C14H20FIN6. The van der Waals surface area contributed by atoms with Gasteiger partial charge >= 0.3 is 0 Å². The van der Waals surface area contributed by atoms with Crippen LogP contribution in [0.15, 0.2) is 29.3 Å². The zero-order valence-electron chi connectivity index (χ0n) is 12.8. The van der Waals surface area contributed by atoms with E-state index in [1.54, 1.807) is 25.2 Å². The molecular weight excluding hydrogens is 398 g/mol. The van der Waals surface area contributed by atoms with E-state index in [1.165, 1.54) is 6.07 Å². The highest BCUT2D eigenvalue weighted by molar-refractivity contribution is 14.0. The Balaban J connectivity index is 0.00000242. The molecule has 0 saturated carbocycles. The van der Waals surface area contributed by atoms with Gasteiger partial charge in [-0.15, -0.1) is 34.2 Å². The average Bonchev–Trinajstić information content (AvgIpc) is 2.81. The highest BCUT2D eigenvalue weighted by Gasteiger charge is 2.06. The molecule has 6 nitrogen and oxygen atoms in total.